The molecule has 2 heterocycles. The highest BCUT2D eigenvalue weighted by Crippen LogP contribution is 2.20. The standard InChI is InChI=1S/C23H26N6O/c1-17-6-5-9-19(14-17)28-10-12-29(13-11-28)23-26-16-20(21(24)27-23)22(30)25-15-18-7-3-2-4-8-18/h2-9,14,16H,10-13,15H2,1H3,(H,25,30)(H2,24,26,27). The Bertz CT molecular complexity index is 1020. The molecule has 0 radical (unpaired) electrons. The Kier molecular flexibility index (Phi) is 5.79. The third kappa shape index (κ3) is 4.51. The molecule has 0 bridgehead atoms. The van der Waals surface area contributed by atoms with E-state index in [1.807, 2.05) is 30.3 Å². The number of piperazine rings is 1. The molecule has 0 atom stereocenters. The molecule has 0 spiro atoms. The number of hydrogen-bond donors (Lipinski definition) is 2. The van der Waals surface area contributed by atoms with Crippen LogP contribution in [0.2, 0.25) is 0 Å². The van der Waals surface area contributed by atoms with Crippen molar-refractivity contribution in [3.05, 3.63) is 77.5 Å². The predicted molar refractivity (Wildman–Crippen MR) is 120 cm³/mol. The van der Waals surface area contributed by atoms with Crippen LogP contribution in [0.25, 0.3) is 0 Å². The van der Waals surface area contributed by atoms with Gasteiger partial charge in [-0.1, -0.05) is 42.5 Å². The van der Waals surface area contributed by atoms with Gasteiger partial charge in [0.2, 0.25) is 5.95 Å². The molecule has 1 saturated heterocycles. The highest BCUT2D eigenvalue weighted by Gasteiger charge is 2.21. The first-order valence-corrected chi connectivity index (χ1v) is 10.1. The largest absolute Gasteiger partial charge is 0.383 e. The molecule has 0 saturated carbocycles. The van der Waals surface area contributed by atoms with Crippen molar-refractivity contribution in [1.29, 1.82) is 0 Å². The number of benzene rings is 2. The van der Waals surface area contributed by atoms with E-state index in [1.165, 1.54) is 17.4 Å². The van der Waals surface area contributed by atoms with Gasteiger partial charge in [0.25, 0.3) is 5.91 Å². The Hall–Kier alpha value is -3.61. The number of carbonyl (C=O) groups is 1. The second-order valence-electron chi connectivity index (χ2n) is 7.45. The van der Waals surface area contributed by atoms with Crippen LogP contribution in [0.5, 0.6) is 0 Å². The molecule has 1 aliphatic heterocycles. The fraction of sp³-hybridized carbons (Fsp3) is 0.261. The van der Waals surface area contributed by atoms with Crippen molar-refractivity contribution in [3.8, 4) is 0 Å². The van der Waals surface area contributed by atoms with E-state index in [9.17, 15) is 4.79 Å². The predicted octanol–water partition coefficient (Wildman–Crippen LogP) is 2.62. The van der Waals surface area contributed by atoms with E-state index in [0.717, 1.165) is 31.7 Å². The lowest BCUT2D eigenvalue weighted by atomic mass is 10.2. The number of nitrogen functional groups attached to an aromatic ring is 1. The van der Waals surface area contributed by atoms with E-state index in [-0.39, 0.29) is 11.7 Å². The summed E-state index contributed by atoms with van der Waals surface area (Å²) in [6.45, 7) is 5.90. The lowest BCUT2D eigenvalue weighted by Gasteiger charge is -2.36. The first kappa shape index (κ1) is 19.7. The molecule has 154 valence electrons. The highest BCUT2D eigenvalue weighted by atomic mass is 16.1. The Labute approximate surface area is 176 Å². The first-order valence-electron chi connectivity index (χ1n) is 10.1. The molecule has 1 aromatic heterocycles. The van der Waals surface area contributed by atoms with Crippen LogP contribution in [0.15, 0.2) is 60.8 Å². The number of nitrogens with zero attached hydrogens (tertiary/aromatic N) is 4. The van der Waals surface area contributed by atoms with Crippen LogP contribution in [-0.4, -0.2) is 42.1 Å². The highest BCUT2D eigenvalue weighted by molar-refractivity contribution is 5.98. The van der Waals surface area contributed by atoms with Gasteiger partial charge in [0.15, 0.2) is 0 Å². The van der Waals surface area contributed by atoms with Crippen molar-refractivity contribution >= 4 is 23.4 Å². The number of nitrogens with one attached hydrogen (secondary N) is 1. The summed E-state index contributed by atoms with van der Waals surface area (Å²) in [7, 11) is 0. The van der Waals surface area contributed by atoms with Crippen LogP contribution in [0.1, 0.15) is 21.5 Å². The van der Waals surface area contributed by atoms with Gasteiger partial charge in [-0.05, 0) is 30.2 Å². The normalized spacial score (nSPS) is 13.9. The van der Waals surface area contributed by atoms with Gasteiger partial charge in [-0.15, -0.1) is 0 Å². The van der Waals surface area contributed by atoms with Crippen molar-refractivity contribution in [3.63, 3.8) is 0 Å². The van der Waals surface area contributed by atoms with Crippen molar-refractivity contribution in [2.45, 2.75) is 13.5 Å². The van der Waals surface area contributed by atoms with Gasteiger partial charge in [-0.25, -0.2) is 4.98 Å². The Morgan fingerprint density at radius 3 is 2.47 bits per heavy atom. The number of aromatic nitrogens is 2. The monoisotopic (exact) mass is 402 g/mol. The number of carbonyl (C=O) groups excluding carboxylic acids is 1. The van der Waals surface area contributed by atoms with Crippen molar-refractivity contribution in [2.75, 3.05) is 41.7 Å². The number of anilines is 3. The van der Waals surface area contributed by atoms with Gasteiger partial charge in [0.05, 0.1) is 5.56 Å². The summed E-state index contributed by atoms with van der Waals surface area (Å²) in [5, 5.41) is 2.86. The summed E-state index contributed by atoms with van der Waals surface area (Å²) < 4.78 is 0. The molecule has 3 aromatic rings. The zero-order valence-electron chi connectivity index (χ0n) is 17.1. The topological polar surface area (TPSA) is 87.4 Å². The Balaban J connectivity index is 1.37. The quantitative estimate of drug-likeness (QED) is 0.682. The minimum absolute atomic E-state index is 0.201. The molecule has 7 heteroatoms. The van der Waals surface area contributed by atoms with Crippen LogP contribution >= 0.6 is 0 Å². The van der Waals surface area contributed by atoms with Gasteiger partial charge in [-0.2, -0.15) is 4.98 Å². The number of nitrogens with two attached hydrogens (primary N) is 1. The lowest BCUT2D eigenvalue weighted by molar-refractivity contribution is 0.0951. The van der Waals surface area contributed by atoms with E-state index >= 15 is 0 Å². The van der Waals surface area contributed by atoms with Crippen molar-refractivity contribution in [2.24, 2.45) is 0 Å². The number of rotatable bonds is 5. The molecular formula is C23H26N6O. The maximum atomic E-state index is 12.5. The molecule has 2 aromatic carbocycles. The number of hydrogen-bond acceptors (Lipinski definition) is 6. The van der Waals surface area contributed by atoms with E-state index in [2.05, 4.69) is 56.3 Å². The third-order valence-electron chi connectivity index (χ3n) is 5.28. The minimum atomic E-state index is -0.271. The van der Waals surface area contributed by atoms with Crippen LogP contribution < -0.4 is 20.9 Å². The Morgan fingerprint density at radius 1 is 1.03 bits per heavy atom. The van der Waals surface area contributed by atoms with Crippen LogP contribution in [0, 0.1) is 6.92 Å². The molecule has 1 aliphatic rings. The first-order chi connectivity index (χ1) is 14.6. The summed E-state index contributed by atoms with van der Waals surface area (Å²) in [4.78, 5) is 25.7. The van der Waals surface area contributed by atoms with Gasteiger partial charge in [-0.3, -0.25) is 4.79 Å². The van der Waals surface area contributed by atoms with E-state index < -0.39 is 0 Å². The molecule has 4 rings (SSSR count). The lowest BCUT2D eigenvalue weighted by Crippen LogP contribution is -2.47. The average molecular weight is 403 g/mol. The molecule has 7 nitrogen and oxygen atoms in total. The molecule has 1 fully saturated rings. The molecular weight excluding hydrogens is 376 g/mol. The van der Waals surface area contributed by atoms with E-state index in [1.54, 1.807) is 0 Å². The average Bonchev–Trinajstić information content (AvgIpc) is 2.78. The maximum absolute atomic E-state index is 12.5. The maximum Gasteiger partial charge on any atom is 0.256 e. The van der Waals surface area contributed by atoms with Gasteiger partial charge in [0.1, 0.15) is 5.82 Å². The van der Waals surface area contributed by atoms with E-state index in [0.29, 0.717) is 18.1 Å². The summed E-state index contributed by atoms with van der Waals surface area (Å²) >= 11 is 0. The fourth-order valence-electron chi connectivity index (χ4n) is 3.58. The van der Waals surface area contributed by atoms with Gasteiger partial charge < -0.3 is 20.9 Å². The zero-order valence-corrected chi connectivity index (χ0v) is 17.1. The van der Waals surface area contributed by atoms with Crippen LogP contribution in [-0.2, 0) is 6.54 Å². The smallest absolute Gasteiger partial charge is 0.256 e. The summed E-state index contributed by atoms with van der Waals surface area (Å²) in [6, 6.07) is 18.3. The number of aryl methyl sites for hydroxylation is 1. The van der Waals surface area contributed by atoms with E-state index in [4.69, 9.17) is 5.73 Å². The molecule has 3 N–H and O–H groups in total. The summed E-state index contributed by atoms with van der Waals surface area (Å²) in [5.74, 6) is 0.495. The molecule has 1 amide bonds. The fourth-order valence-corrected chi connectivity index (χ4v) is 3.58. The second-order valence-corrected chi connectivity index (χ2v) is 7.45. The number of amides is 1. The third-order valence-corrected chi connectivity index (χ3v) is 5.28. The minimum Gasteiger partial charge on any atom is -0.383 e. The van der Waals surface area contributed by atoms with Crippen LogP contribution in [0.4, 0.5) is 17.5 Å². The molecule has 30 heavy (non-hydrogen) atoms. The van der Waals surface area contributed by atoms with Crippen molar-refractivity contribution in [1.82, 2.24) is 15.3 Å². The molecule has 0 unspecified atom stereocenters. The van der Waals surface area contributed by atoms with Gasteiger partial charge >= 0.3 is 0 Å². The van der Waals surface area contributed by atoms with Gasteiger partial charge in [0, 0.05) is 44.6 Å². The van der Waals surface area contributed by atoms with Crippen LogP contribution in [0.3, 0.4) is 0 Å². The Morgan fingerprint density at radius 2 is 1.77 bits per heavy atom. The second kappa shape index (κ2) is 8.82. The molecule has 0 aliphatic carbocycles. The SMILES string of the molecule is Cc1cccc(N2CCN(c3ncc(C(=O)NCc4ccccc4)c(N)n3)CC2)c1. The zero-order chi connectivity index (χ0) is 20.9. The van der Waals surface area contributed by atoms with Crippen molar-refractivity contribution < 1.29 is 4.79 Å². The summed E-state index contributed by atoms with van der Waals surface area (Å²) in [6.07, 6.45) is 1.52. The summed E-state index contributed by atoms with van der Waals surface area (Å²) in [5.41, 5.74) is 9.90.